The highest BCUT2D eigenvalue weighted by Crippen LogP contribution is 2.27. The first kappa shape index (κ1) is 24.6. The number of carbonyl (C=O) groups excluding carboxylic acids is 2. The standard InChI is InChI=1S/C27H32FN5O2/c1-18(2)20-9-11-22(12-10-20)25(21-7-5-4-6-8-21)31-26(34)24-13-23(28)15-33(24)27(35)19(3)14-32-17-29-16-30-32/h4-12,16-19,23-25H,13-15H2,1-3H3,(H,31,34)/t19?,23-,24+,25+/m1/s1. The molecule has 0 bridgehead atoms. The van der Waals surface area contributed by atoms with Crippen molar-refractivity contribution >= 4 is 11.8 Å². The van der Waals surface area contributed by atoms with Crippen LogP contribution in [0.2, 0.25) is 0 Å². The first-order valence-electron chi connectivity index (χ1n) is 12.1. The zero-order chi connectivity index (χ0) is 24.9. The summed E-state index contributed by atoms with van der Waals surface area (Å²) in [7, 11) is 0. The number of amides is 2. The molecule has 7 nitrogen and oxygen atoms in total. The van der Waals surface area contributed by atoms with Crippen LogP contribution in [-0.2, 0) is 16.1 Å². The predicted octanol–water partition coefficient (Wildman–Crippen LogP) is 3.88. The monoisotopic (exact) mass is 477 g/mol. The molecule has 2 amide bonds. The summed E-state index contributed by atoms with van der Waals surface area (Å²) in [4.78, 5) is 31.9. The molecule has 1 aromatic heterocycles. The van der Waals surface area contributed by atoms with Crippen molar-refractivity contribution in [3.8, 4) is 0 Å². The van der Waals surface area contributed by atoms with Gasteiger partial charge in [0.25, 0.3) is 0 Å². The second kappa shape index (κ2) is 10.8. The van der Waals surface area contributed by atoms with E-state index in [2.05, 4.69) is 41.4 Å². The average Bonchev–Trinajstić information content (AvgIpc) is 3.52. The minimum Gasteiger partial charge on any atom is -0.343 e. The van der Waals surface area contributed by atoms with Crippen molar-refractivity contribution in [1.29, 1.82) is 0 Å². The van der Waals surface area contributed by atoms with Gasteiger partial charge in [-0.15, -0.1) is 0 Å². The molecule has 0 radical (unpaired) electrons. The molecule has 1 saturated heterocycles. The predicted molar refractivity (Wildman–Crippen MR) is 131 cm³/mol. The molecule has 1 fully saturated rings. The summed E-state index contributed by atoms with van der Waals surface area (Å²) in [6.07, 6.45) is 1.68. The van der Waals surface area contributed by atoms with Crippen LogP contribution in [0.4, 0.5) is 4.39 Å². The van der Waals surface area contributed by atoms with Gasteiger partial charge in [-0.05, 0) is 22.6 Å². The Morgan fingerprint density at radius 1 is 1.03 bits per heavy atom. The van der Waals surface area contributed by atoms with Gasteiger partial charge in [0.15, 0.2) is 0 Å². The average molecular weight is 478 g/mol. The van der Waals surface area contributed by atoms with Gasteiger partial charge in [-0.2, -0.15) is 5.10 Å². The van der Waals surface area contributed by atoms with Crippen LogP contribution >= 0.6 is 0 Å². The topological polar surface area (TPSA) is 80.1 Å². The Labute approximate surface area is 205 Å². The van der Waals surface area contributed by atoms with Gasteiger partial charge in [-0.1, -0.05) is 75.4 Å². The van der Waals surface area contributed by atoms with E-state index in [1.54, 1.807) is 11.6 Å². The molecule has 0 aliphatic carbocycles. The zero-order valence-electron chi connectivity index (χ0n) is 20.3. The molecule has 4 rings (SSSR count). The molecule has 8 heteroatoms. The quantitative estimate of drug-likeness (QED) is 0.534. The van der Waals surface area contributed by atoms with Crippen LogP contribution in [0.3, 0.4) is 0 Å². The fourth-order valence-electron chi connectivity index (χ4n) is 4.56. The van der Waals surface area contributed by atoms with E-state index in [-0.39, 0.29) is 24.8 Å². The highest BCUT2D eigenvalue weighted by Gasteiger charge is 2.41. The molecule has 2 aromatic carbocycles. The molecular formula is C27H32FN5O2. The normalized spacial score (nSPS) is 19.5. The maximum absolute atomic E-state index is 14.5. The number of nitrogens with zero attached hydrogens (tertiary/aromatic N) is 4. The second-order valence-corrected chi connectivity index (χ2v) is 9.53. The van der Waals surface area contributed by atoms with Gasteiger partial charge >= 0.3 is 0 Å². The van der Waals surface area contributed by atoms with Crippen LogP contribution in [0.25, 0.3) is 0 Å². The van der Waals surface area contributed by atoms with Crippen molar-refractivity contribution in [3.63, 3.8) is 0 Å². The highest BCUT2D eigenvalue weighted by atomic mass is 19.1. The molecule has 2 heterocycles. The second-order valence-electron chi connectivity index (χ2n) is 9.53. The van der Waals surface area contributed by atoms with Gasteiger partial charge in [0.1, 0.15) is 24.9 Å². The summed E-state index contributed by atoms with van der Waals surface area (Å²) in [6, 6.07) is 16.6. The van der Waals surface area contributed by atoms with E-state index in [0.29, 0.717) is 12.5 Å². The number of carbonyl (C=O) groups is 2. The van der Waals surface area contributed by atoms with Gasteiger partial charge < -0.3 is 10.2 Å². The molecule has 0 saturated carbocycles. The van der Waals surface area contributed by atoms with Gasteiger partial charge in [0.05, 0.1) is 25.0 Å². The van der Waals surface area contributed by atoms with Crippen LogP contribution in [0.1, 0.15) is 55.8 Å². The minimum atomic E-state index is -1.24. The van der Waals surface area contributed by atoms with Crippen LogP contribution in [0, 0.1) is 5.92 Å². The lowest BCUT2D eigenvalue weighted by Crippen LogP contribution is -2.48. The van der Waals surface area contributed by atoms with E-state index >= 15 is 0 Å². The zero-order valence-corrected chi connectivity index (χ0v) is 20.3. The SMILES string of the molecule is CC(Cn1cncn1)C(=O)N1C[C@H](F)C[C@H]1C(=O)N[C@@H](c1ccccc1)c1ccc(C(C)C)cc1. The minimum absolute atomic E-state index is 0.0125. The number of aromatic nitrogens is 3. The summed E-state index contributed by atoms with van der Waals surface area (Å²) >= 11 is 0. The molecule has 4 atom stereocenters. The van der Waals surface area contributed by atoms with Gasteiger partial charge in [-0.25, -0.2) is 9.37 Å². The third-order valence-corrected chi connectivity index (χ3v) is 6.54. The fourth-order valence-corrected chi connectivity index (χ4v) is 4.56. The maximum Gasteiger partial charge on any atom is 0.243 e. The Hall–Kier alpha value is -3.55. The van der Waals surface area contributed by atoms with Crippen molar-refractivity contribution < 1.29 is 14.0 Å². The largest absolute Gasteiger partial charge is 0.343 e. The van der Waals surface area contributed by atoms with Crippen molar-refractivity contribution in [3.05, 3.63) is 83.9 Å². The lowest BCUT2D eigenvalue weighted by Gasteiger charge is -2.28. The highest BCUT2D eigenvalue weighted by molar-refractivity contribution is 5.89. The third-order valence-electron chi connectivity index (χ3n) is 6.54. The van der Waals surface area contributed by atoms with E-state index in [0.717, 1.165) is 11.1 Å². The van der Waals surface area contributed by atoms with E-state index in [1.165, 1.54) is 23.1 Å². The van der Waals surface area contributed by atoms with Crippen LogP contribution in [0.15, 0.2) is 67.3 Å². The summed E-state index contributed by atoms with van der Waals surface area (Å²) in [5.74, 6) is -0.690. The molecule has 1 aliphatic heterocycles. The smallest absolute Gasteiger partial charge is 0.243 e. The van der Waals surface area contributed by atoms with Crippen molar-refractivity contribution in [1.82, 2.24) is 25.0 Å². The molecule has 184 valence electrons. The first-order valence-corrected chi connectivity index (χ1v) is 12.1. The van der Waals surface area contributed by atoms with Gasteiger partial charge in [-0.3, -0.25) is 14.3 Å². The molecule has 1 N–H and O–H groups in total. The lowest BCUT2D eigenvalue weighted by atomic mass is 9.95. The van der Waals surface area contributed by atoms with Crippen molar-refractivity contribution in [2.45, 2.75) is 57.9 Å². The van der Waals surface area contributed by atoms with E-state index < -0.39 is 24.2 Å². The Morgan fingerprint density at radius 2 is 1.69 bits per heavy atom. The summed E-state index contributed by atoms with van der Waals surface area (Å²) in [5.41, 5.74) is 3.06. The number of halogens is 1. The number of rotatable bonds is 8. The third kappa shape index (κ3) is 5.75. The van der Waals surface area contributed by atoms with E-state index in [9.17, 15) is 14.0 Å². The van der Waals surface area contributed by atoms with Crippen LogP contribution in [0.5, 0.6) is 0 Å². The number of nitrogens with one attached hydrogen (secondary N) is 1. The van der Waals surface area contributed by atoms with Crippen LogP contribution in [-0.4, -0.2) is 50.2 Å². The van der Waals surface area contributed by atoms with Crippen molar-refractivity contribution in [2.24, 2.45) is 5.92 Å². The fraction of sp³-hybridized carbons (Fsp3) is 0.407. The Balaban J connectivity index is 1.54. The number of hydrogen-bond donors (Lipinski definition) is 1. The van der Waals surface area contributed by atoms with Gasteiger partial charge in [0, 0.05) is 6.42 Å². The molecule has 35 heavy (non-hydrogen) atoms. The Kier molecular flexibility index (Phi) is 7.58. The summed E-state index contributed by atoms with van der Waals surface area (Å²) in [6.45, 7) is 6.25. The number of likely N-dealkylation sites (tertiary alicyclic amines) is 1. The van der Waals surface area contributed by atoms with E-state index in [4.69, 9.17) is 0 Å². The summed E-state index contributed by atoms with van der Waals surface area (Å²) < 4.78 is 16.0. The van der Waals surface area contributed by atoms with Crippen LogP contribution < -0.4 is 5.32 Å². The van der Waals surface area contributed by atoms with Crippen molar-refractivity contribution in [2.75, 3.05) is 6.54 Å². The summed E-state index contributed by atoms with van der Waals surface area (Å²) in [5, 5.41) is 7.14. The number of alkyl halides is 1. The van der Waals surface area contributed by atoms with Gasteiger partial charge in [0.2, 0.25) is 11.8 Å². The molecular weight excluding hydrogens is 445 g/mol. The molecule has 1 unspecified atom stereocenters. The molecule has 0 spiro atoms. The first-order chi connectivity index (χ1) is 16.8. The number of benzene rings is 2. The Morgan fingerprint density at radius 3 is 2.31 bits per heavy atom. The Bertz CT molecular complexity index is 1120. The maximum atomic E-state index is 14.5. The molecule has 3 aromatic rings. The number of hydrogen-bond acceptors (Lipinski definition) is 4. The molecule has 1 aliphatic rings. The lowest BCUT2D eigenvalue weighted by molar-refractivity contribution is -0.141. The van der Waals surface area contributed by atoms with E-state index in [1.807, 2.05) is 42.5 Å².